The minimum atomic E-state index is -0.214. The monoisotopic (exact) mass is 1140 g/mol. The summed E-state index contributed by atoms with van der Waals surface area (Å²) in [5, 5.41) is 3.18. The van der Waals surface area contributed by atoms with Crippen LogP contribution in [0.1, 0.15) is 103 Å². The number of methoxy groups -OCH3 is 1. The molecule has 0 aliphatic rings. The lowest BCUT2D eigenvalue weighted by molar-refractivity contribution is 0.103. The highest BCUT2D eigenvalue weighted by Gasteiger charge is 2.28. The van der Waals surface area contributed by atoms with Crippen molar-refractivity contribution in [3.8, 4) is 40.2 Å². The van der Waals surface area contributed by atoms with E-state index in [9.17, 15) is 14.4 Å². The van der Waals surface area contributed by atoms with Gasteiger partial charge in [-0.2, -0.15) is 0 Å². The van der Waals surface area contributed by atoms with Gasteiger partial charge in [-0.05, 0) is 210 Å². The molecule has 0 aliphatic carbocycles. The van der Waals surface area contributed by atoms with Crippen molar-refractivity contribution >= 4 is 51.3 Å². The van der Waals surface area contributed by atoms with Crippen molar-refractivity contribution < 1.29 is 33.3 Å². The molecule has 84 heavy (non-hydrogen) atoms. The third-order valence-corrected chi connectivity index (χ3v) is 15.6. The second kappa shape index (κ2) is 25.3. The third kappa shape index (κ3) is 13.7. The number of rotatable bonds is 17. The second-order valence-corrected chi connectivity index (χ2v) is 22.4. The van der Waals surface area contributed by atoms with Gasteiger partial charge in [-0.3, -0.25) is 14.4 Å². The highest BCUT2D eigenvalue weighted by atomic mass is 35.5. The fourth-order valence-electron chi connectivity index (χ4n) is 9.75. The SMILES string of the molecule is COc1ccc(C(C)(C)c2cccc(C(C)(C)c3ccc(Oc4ccc(C(=O)c5ccc(Cl)cc5)cc4)cc3)c2)cc1.Cc1ccc(C(=O)c2ccc(Oc3ccc4ccc(Oc5ccc(C(=O)c6ccc(Cl)cc6)cc5)cc4c3)cc2)cc1. The molecule has 0 amide bonds. The highest BCUT2D eigenvalue weighted by molar-refractivity contribution is 6.31. The number of ether oxygens (including phenoxy) is 4. The van der Waals surface area contributed by atoms with Crippen molar-refractivity contribution in [3.63, 3.8) is 0 Å². The molecule has 0 heterocycles. The Balaban J connectivity index is 0.000000187. The van der Waals surface area contributed by atoms with Crippen molar-refractivity contribution in [1.82, 2.24) is 0 Å². The van der Waals surface area contributed by atoms with Crippen LogP contribution in [0.5, 0.6) is 40.2 Å². The first-order valence-electron chi connectivity index (χ1n) is 27.4. The first-order chi connectivity index (χ1) is 40.5. The Bertz CT molecular complexity index is 3960. The van der Waals surface area contributed by atoms with Gasteiger partial charge in [-0.15, -0.1) is 0 Å². The van der Waals surface area contributed by atoms with Gasteiger partial charge in [0.15, 0.2) is 17.3 Å². The lowest BCUT2D eigenvalue weighted by Gasteiger charge is -2.31. The van der Waals surface area contributed by atoms with E-state index in [0.29, 0.717) is 72.2 Å². The summed E-state index contributed by atoms with van der Waals surface area (Å²) < 4.78 is 23.6. The molecule has 0 aliphatic heterocycles. The molecule has 0 aromatic heterocycles. The van der Waals surface area contributed by atoms with E-state index in [1.807, 2.05) is 104 Å². The Morgan fingerprint density at radius 1 is 0.310 bits per heavy atom. The molecule has 11 aromatic carbocycles. The zero-order chi connectivity index (χ0) is 59.0. The summed E-state index contributed by atoms with van der Waals surface area (Å²) in [5.41, 5.74) is 9.27. The molecule has 9 heteroatoms. The van der Waals surface area contributed by atoms with Crippen LogP contribution in [0.25, 0.3) is 10.8 Å². The second-order valence-electron chi connectivity index (χ2n) is 21.5. The average molecular weight is 1140 g/mol. The zero-order valence-electron chi connectivity index (χ0n) is 47.4. The molecule has 11 rings (SSSR count). The molecule has 416 valence electrons. The average Bonchev–Trinajstić information content (AvgIpc) is 3.68. The van der Waals surface area contributed by atoms with Crippen LogP contribution in [0.4, 0.5) is 0 Å². The molecule has 0 atom stereocenters. The van der Waals surface area contributed by atoms with Gasteiger partial charge in [0.1, 0.15) is 40.2 Å². The molecule has 0 bridgehead atoms. The van der Waals surface area contributed by atoms with Crippen LogP contribution in [0.15, 0.2) is 255 Å². The Hall–Kier alpha value is -9.53. The number of hydrogen-bond acceptors (Lipinski definition) is 7. The number of fused-ring (bicyclic) bond motifs is 1. The summed E-state index contributed by atoms with van der Waals surface area (Å²) in [6.07, 6.45) is 0. The number of ketones is 3. The quantitative estimate of drug-likeness (QED) is 0.0839. The number of aryl methyl sites for hydroxylation is 1. The standard InChI is InChI=1S/C38H35ClO3.C37H25ClO4/c1-37(2,28-13-21-33(41-5)22-14-28)30-7-6-8-31(25-30)38(3,4)29-15-23-35(24-16-29)42-34-19-11-27(12-20-34)36(40)26-9-17-32(39)18-10-26;1-24-2-4-26(5-3-24)36(39)28-10-16-32(17-11-28)41-34-20-8-25-9-21-35(23-30(25)22-34)42-33-18-12-29(13-19-33)37(40)27-6-14-31(38)15-7-27/h6-25H,1-5H3;2-23H,1H3. The highest BCUT2D eigenvalue weighted by Crippen LogP contribution is 2.39. The van der Waals surface area contributed by atoms with Crippen molar-refractivity contribution in [2.45, 2.75) is 45.4 Å². The predicted molar refractivity (Wildman–Crippen MR) is 338 cm³/mol. The molecule has 0 unspecified atom stereocenters. The molecule has 0 radical (unpaired) electrons. The maximum atomic E-state index is 12.8. The molecule has 11 aromatic rings. The predicted octanol–water partition coefficient (Wildman–Crippen LogP) is 19.9. The first-order valence-corrected chi connectivity index (χ1v) is 28.2. The zero-order valence-corrected chi connectivity index (χ0v) is 48.9. The Morgan fingerprint density at radius 3 is 0.940 bits per heavy atom. The van der Waals surface area contributed by atoms with Gasteiger partial charge in [0.2, 0.25) is 0 Å². The van der Waals surface area contributed by atoms with E-state index in [2.05, 4.69) is 76.2 Å². The van der Waals surface area contributed by atoms with Crippen LogP contribution >= 0.6 is 23.2 Å². The fraction of sp³-hybridized carbons (Fsp3) is 0.107. The largest absolute Gasteiger partial charge is 0.497 e. The van der Waals surface area contributed by atoms with Crippen molar-refractivity contribution in [1.29, 1.82) is 0 Å². The Kier molecular flexibility index (Phi) is 17.4. The van der Waals surface area contributed by atoms with E-state index < -0.39 is 0 Å². The lowest BCUT2D eigenvalue weighted by Crippen LogP contribution is -2.22. The number of benzene rings is 11. The fourth-order valence-corrected chi connectivity index (χ4v) is 10.00. The van der Waals surface area contributed by atoms with Gasteiger partial charge in [-0.1, -0.05) is 141 Å². The first kappa shape index (κ1) is 57.7. The van der Waals surface area contributed by atoms with Gasteiger partial charge in [0.25, 0.3) is 0 Å². The van der Waals surface area contributed by atoms with Crippen LogP contribution in [0.2, 0.25) is 10.0 Å². The van der Waals surface area contributed by atoms with Crippen molar-refractivity contribution in [3.05, 3.63) is 326 Å². The molecule has 0 saturated carbocycles. The number of carbonyl (C=O) groups excluding carboxylic acids is 3. The summed E-state index contributed by atoms with van der Waals surface area (Å²) in [4.78, 5) is 38.3. The molecule has 0 spiro atoms. The smallest absolute Gasteiger partial charge is 0.193 e. The summed E-state index contributed by atoms with van der Waals surface area (Å²) >= 11 is 11.9. The van der Waals surface area contributed by atoms with E-state index in [4.69, 9.17) is 42.1 Å². The van der Waals surface area contributed by atoms with Crippen molar-refractivity contribution in [2.75, 3.05) is 7.11 Å². The molecule has 0 saturated heterocycles. The Morgan fingerprint density at radius 2 is 0.595 bits per heavy atom. The molecule has 0 N–H and O–H groups in total. The summed E-state index contributed by atoms with van der Waals surface area (Å²) in [5.74, 6) is 4.69. The van der Waals surface area contributed by atoms with Crippen LogP contribution in [0, 0.1) is 6.92 Å². The van der Waals surface area contributed by atoms with Crippen LogP contribution in [0.3, 0.4) is 0 Å². The summed E-state index contributed by atoms with van der Waals surface area (Å²) in [7, 11) is 1.69. The maximum absolute atomic E-state index is 12.8. The van der Waals surface area contributed by atoms with Crippen LogP contribution in [-0.4, -0.2) is 24.5 Å². The maximum Gasteiger partial charge on any atom is 0.193 e. The van der Waals surface area contributed by atoms with E-state index in [1.54, 1.807) is 116 Å². The lowest BCUT2D eigenvalue weighted by atomic mass is 9.73. The summed E-state index contributed by atoms with van der Waals surface area (Å²) in [6.45, 7) is 11.0. The Labute approximate surface area is 500 Å². The van der Waals surface area contributed by atoms with Crippen molar-refractivity contribution in [2.24, 2.45) is 0 Å². The van der Waals surface area contributed by atoms with Gasteiger partial charge < -0.3 is 18.9 Å². The number of halogens is 2. The van der Waals surface area contributed by atoms with E-state index in [0.717, 1.165) is 27.8 Å². The molecular weight excluding hydrogens is 1080 g/mol. The van der Waals surface area contributed by atoms with E-state index in [-0.39, 0.29) is 28.2 Å². The normalized spacial score (nSPS) is 11.2. The topological polar surface area (TPSA) is 88.1 Å². The molecule has 7 nitrogen and oxygen atoms in total. The molecular formula is C75H60Cl2O7. The summed E-state index contributed by atoms with van der Waals surface area (Å²) in [6, 6.07) is 79.8. The molecule has 0 fully saturated rings. The number of carbonyl (C=O) groups is 3. The van der Waals surface area contributed by atoms with E-state index >= 15 is 0 Å². The van der Waals surface area contributed by atoms with Gasteiger partial charge in [0, 0.05) is 54.3 Å². The minimum Gasteiger partial charge on any atom is -0.497 e. The third-order valence-electron chi connectivity index (χ3n) is 15.1. The van der Waals surface area contributed by atoms with Gasteiger partial charge in [-0.25, -0.2) is 0 Å². The van der Waals surface area contributed by atoms with Gasteiger partial charge >= 0.3 is 0 Å². The van der Waals surface area contributed by atoms with Crippen LogP contribution < -0.4 is 18.9 Å². The minimum absolute atomic E-state index is 0.0254. The number of hydrogen-bond donors (Lipinski definition) is 0. The van der Waals surface area contributed by atoms with Crippen LogP contribution in [-0.2, 0) is 10.8 Å². The van der Waals surface area contributed by atoms with Gasteiger partial charge in [0.05, 0.1) is 7.11 Å². The van der Waals surface area contributed by atoms with E-state index in [1.165, 1.54) is 22.3 Å².